The lowest BCUT2D eigenvalue weighted by molar-refractivity contribution is -0.154. The van der Waals surface area contributed by atoms with Crippen LogP contribution in [0.4, 0.5) is 13.2 Å². The van der Waals surface area contributed by atoms with Crippen LogP contribution in [0, 0.1) is 11.3 Å². The van der Waals surface area contributed by atoms with Gasteiger partial charge in [-0.15, -0.1) is 0 Å². The van der Waals surface area contributed by atoms with E-state index in [-0.39, 0.29) is 27.5 Å². The zero-order chi connectivity index (χ0) is 25.9. The number of halogens is 4. The highest BCUT2D eigenvalue weighted by Gasteiger charge is 2.40. The Labute approximate surface area is 206 Å². The van der Waals surface area contributed by atoms with Crippen molar-refractivity contribution in [3.05, 3.63) is 105 Å². The number of benzene rings is 3. The van der Waals surface area contributed by atoms with Crippen LogP contribution in [-0.2, 0) is 11.0 Å². The van der Waals surface area contributed by atoms with Gasteiger partial charge in [0.25, 0.3) is 5.76 Å². The molecule has 6 nitrogen and oxygen atoms in total. The number of esters is 1. The Morgan fingerprint density at radius 2 is 1.72 bits per heavy atom. The first-order valence-corrected chi connectivity index (χ1v) is 10.5. The van der Waals surface area contributed by atoms with Crippen molar-refractivity contribution in [3.63, 3.8) is 0 Å². The van der Waals surface area contributed by atoms with Crippen LogP contribution in [0.1, 0.15) is 11.3 Å². The first-order chi connectivity index (χ1) is 17.2. The van der Waals surface area contributed by atoms with Gasteiger partial charge in [0.05, 0.1) is 10.4 Å². The van der Waals surface area contributed by atoms with Gasteiger partial charge in [0, 0.05) is 6.07 Å². The van der Waals surface area contributed by atoms with E-state index in [1.807, 2.05) is 0 Å². The fraction of sp³-hybridized carbons (Fsp3) is 0.0385. The Balaban J connectivity index is 1.73. The van der Waals surface area contributed by atoms with Crippen LogP contribution in [0.5, 0.6) is 17.2 Å². The maximum absolute atomic E-state index is 13.8. The number of fused-ring (bicyclic) bond motifs is 1. The van der Waals surface area contributed by atoms with Gasteiger partial charge in [-0.3, -0.25) is 4.79 Å². The van der Waals surface area contributed by atoms with Gasteiger partial charge in [-0.05, 0) is 35.9 Å². The zero-order valence-electron chi connectivity index (χ0n) is 18.0. The number of ether oxygens (including phenoxy) is 2. The fourth-order valence-corrected chi connectivity index (χ4v) is 3.33. The SMILES string of the molecule is N#CC(=Cc1ccccc1)C(=O)Oc1ccc2c(=O)c(Oc3ccccc3Cl)c(C(F)(F)F)oc2c1. The summed E-state index contributed by atoms with van der Waals surface area (Å²) in [5, 5.41) is 9.04. The van der Waals surface area contributed by atoms with E-state index in [1.54, 1.807) is 42.5 Å². The normalized spacial score (nSPS) is 11.7. The highest BCUT2D eigenvalue weighted by molar-refractivity contribution is 6.32. The van der Waals surface area contributed by atoms with E-state index < -0.39 is 34.7 Å². The second kappa shape index (κ2) is 9.98. The fourth-order valence-electron chi connectivity index (χ4n) is 3.15. The minimum atomic E-state index is -5.09. The number of carbonyl (C=O) groups is 1. The molecule has 1 aromatic heterocycles. The van der Waals surface area contributed by atoms with Crippen LogP contribution in [0.3, 0.4) is 0 Å². The summed E-state index contributed by atoms with van der Waals surface area (Å²) in [6, 6.07) is 19.2. The highest BCUT2D eigenvalue weighted by atomic mass is 35.5. The van der Waals surface area contributed by atoms with E-state index in [0.29, 0.717) is 5.56 Å². The molecule has 10 heteroatoms. The molecule has 180 valence electrons. The topological polar surface area (TPSA) is 89.5 Å². The molecule has 4 aromatic rings. The standard InChI is InChI=1S/C26H13ClF3NO5/c27-19-8-4-5-9-20(19)35-23-22(32)18-11-10-17(13-21(18)36-24(23)26(28,29)30)34-25(33)16(14-31)12-15-6-2-1-3-7-15/h1-13H. The van der Waals surface area contributed by atoms with E-state index >= 15 is 0 Å². The van der Waals surface area contributed by atoms with Crippen LogP contribution < -0.4 is 14.9 Å². The number of nitrogens with zero attached hydrogens (tertiary/aromatic N) is 1. The van der Waals surface area contributed by atoms with Crippen LogP contribution in [0.2, 0.25) is 5.02 Å². The van der Waals surface area contributed by atoms with Crippen molar-refractivity contribution in [1.29, 1.82) is 5.26 Å². The van der Waals surface area contributed by atoms with Gasteiger partial charge in [-0.2, -0.15) is 18.4 Å². The van der Waals surface area contributed by atoms with Gasteiger partial charge >= 0.3 is 12.1 Å². The number of hydrogen-bond acceptors (Lipinski definition) is 6. The number of carbonyl (C=O) groups excluding carboxylic acids is 1. The maximum Gasteiger partial charge on any atom is 0.453 e. The molecular formula is C26H13ClF3NO5. The molecule has 4 rings (SSSR count). The van der Waals surface area contributed by atoms with E-state index in [1.165, 1.54) is 30.3 Å². The average Bonchev–Trinajstić information content (AvgIpc) is 2.85. The van der Waals surface area contributed by atoms with E-state index in [0.717, 1.165) is 12.1 Å². The van der Waals surface area contributed by atoms with Gasteiger partial charge in [0.15, 0.2) is 0 Å². The molecule has 0 aliphatic rings. The highest BCUT2D eigenvalue weighted by Crippen LogP contribution is 2.39. The molecule has 0 N–H and O–H groups in total. The summed E-state index contributed by atoms with van der Waals surface area (Å²) < 4.78 is 56.6. The minimum Gasteiger partial charge on any atom is -0.448 e. The lowest BCUT2D eigenvalue weighted by Gasteiger charge is -2.14. The maximum atomic E-state index is 13.8. The molecule has 0 atom stereocenters. The van der Waals surface area contributed by atoms with Crippen molar-refractivity contribution in [3.8, 4) is 23.3 Å². The smallest absolute Gasteiger partial charge is 0.448 e. The summed E-state index contributed by atoms with van der Waals surface area (Å²) >= 11 is 5.95. The first-order valence-electron chi connectivity index (χ1n) is 10.2. The quantitative estimate of drug-likeness (QED) is 0.127. The van der Waals surface area contributed by atoms with Gasteiger partial charge in [0.1, 0.15) is 28.7 Å². The molecule has 0 spiro atoms. The Morgan fingerprint density at radius 1 is 1.03 bits per heavy atom. The van der Waals surface area contributed by atoms with E-state index in [2.05, 4.69) is 0 Å². The van der Waals surface area contributed by atoms with Crippen molar-refractivity contribution >= 4 is 34.6 Å². The van der Waals surface area contributed by atoms with Crippen LogP contribution in [0.25, 0.3) is 17.0 Å². The molecule has 0 fully saturated rings. The first kappa shape index (κ1) is 24.6. The zero-order valence-corrected chi connectivity index (χ0v) is 18.8. The largest absolute Gasteiger partial charge is 0.453 e. The number of nitriles is 1. The predicted octanol–water partition coefficient (Wildman–Crippen LogP) is 6.77. The van der Waals surface area contributed by atoms with Gasteiger partial charge < -0.3 is 13.9 Å². The summed E-state index contributed by atoms with van der Waals surface area (Å²) in [5.74, 6) is -4.23. The number of hydrogen-bond donors (Lipinski definition) is 0. The van der Waals surface area contributed by atoms with Crippen molar-refractivity contribution in [2.24, 2.45) is 0 Å². The van der Waals surface area contributed by atoms with Crippen LogP contribution in [-0.4, -0.2) is 5.97 Å². The second-order valence-electron chi connectivity index (χ2n) is 7.25. The average molecular weight is 512 g/mol. The molecule has 0 unspecified atom stereocenters. The summed E-state index contributed by atoms with van der Waals surface area (Å²) in [7, 11) is 0. The van der Waals surface area contributed by atoms with Crippen molar-refractivity contribution in [2.75, 3.05) is 0 Å². The molecule has 0 bridgehead atoms. The Morgan fingerprint density at radius 3 is 2.39 bits per heavy atom. The molecule has 3 aromatic carbocycles. The third kappa shape index (κ3) is 5.24. The van der Waals surface area contributed by atoms with Gasteiger partial charge in [-0.1, -0.05) is 54.1 Å². The lowest BCUT2D eigenvalue weighted by atomic mass is 10.1. The summed E-state index contributed by atoms with van der Waals surface area (Å²) in [6.45, 7) is 0. The summed E-state index contributed by atoms with van der Waals surface area (Å²) in [5.41, 5.74) is -1.39. The Hall–Kier alpha value is -4.55. The van der Waals surface area contributed by atoms with Gasteiger partial charge in [-0.25, -0.2) is 4.79 Å². The summed E-state index contributed by atoms with van der Waals surface area (Å²) in [6.07, 6.45) is -3.80. The molecule has 0 saturated carbocycles. The van der Waals surface area contributed by atoms with E-state index in [9.17, 15) is 28.0 Å². The molecule has 36 heavy (non-hydrogen) atoms. The third-order valence-electron chi connectivity index (χ3n) is 4.79. The second-order valence-corrected chi connectivity index (χ2v) is 7.65. The molecule has 0 amide bonds. The lowest BCUT2D eigenvalue weighted by Crippen LogP contribution is -2.16. The molecule has 1 heterocycles. The van der Waals surface area contributed by atoms with Crippen molar-refractivity contribution in [2.45, 2.75) is 6.18 Å². The predicted molar refractivity (Wildman–Crippen MR) is 125 cm³/mol. The third-order valence-corrected chi connectivity index (χ3v) is 5.10. The van der Waals surface area contributed by atoms with Crippen molar-refractivity contribution in [1.82, 2.24) is 0 Å². The minimum absolute atomic E-state index is 0.00997. The molecule has 0 aliphatic carbocycles. The van der Waals surface area contributed by atoms with Crippen LogP contribution in [0.15, 0.2) is 87.6 Å². The monoisotopic (exact) mass is 511 g/mol. The summed E-state index contributed by atoms with van der Waals surface area (Å²) in [4.78, 5) is 25.4. The Kier molecular flexibility index (Phi) is 6.81. The van der Waals surface area contributed by atoms with E-state index in [4.69, 9.17) is 25.5 Å². The molecule has 0 aliphatic heterocycles. The van der Waals surface area contributed by atoms with Gasteiger partial charge in [0.2, 0.25) is 11.2 Å². The number of rotatable bonds is 5. The van der Waals surface area contributed by atoms with Crippen molar-refractivity contribution < 1.29 is 31.9 Å². The van der Waals surface area contributed by atoms with Crippen LogP contribution >= 0.6 is 11.6 Å². The molecular weight excluding hydrogens is 499 g/mol. The molecule has 0 saturated heterocycles. The number of para-hydroxylation sites is 1. The number of alkyl halides is 3. The Bertz CT molecular complexity index is 1590. The molecule has 0 radical (unpaired) electrons.